The Morgan fingerprint density at radius 1 is 1.40 bits per heavy atom. The lowest BCUT2D eigenvalue weighted by molar-refractivity contribution is -0.138. The van der Waals surface area contributed by atoms with Crippen LogP contribution >= 0.6 is 0 Å². The minimum atomic E-state index is -0.779. The molecular weight excluding hydrogens is 252 g/mol. The largest absolute Gasteiger partial charge is 0.481 e. The number of aromatic nitrogens is 2. The summed E-state index contributed by atoms with van der Waals surface area (Å²) in [5, 5.41) is 9.02. The number of carboxylic acid groups (broad SMARTS) is 1. The van der Waals surface area contributed by atoms with Crippen LogP contribution in [0.25, 0.3) is 11.0 Å². The van der Waals surface area contributed by atoms with Crippen LogP contribution in [0.3, 0.4) is 0 Å². The fourth-order valence-corrected chi connectivity index (χ4v) is 2.77. The number of nitrogens with zero attached hydrogens (tertiary/aromatic N) is 2. The Bertz CT molecular complexity index is 654. The van der Waals surface area contributed by atoms with Gasteiger partial charge in [-0.2, -0.15) is 0 Å². The summed E-state index contributed by atoms with van der Waals surface area (Å²) in [6, 6.07) is 6.45. The van der Waals surface area contributed by atoms with Crippen LogP contribution in [0.5, 0.6) is 0 Å². The maximum absolute atomic E-state index is 11.0. The predicted molar refractivity (Wildman–Crippen MR) is 80.1 cm³/mol. The van der Waals surface area contributed by atoms with Crippen LogP contribution in [0, 0.1) is 6.92 Å². The maximum atomic E-state index is 11.0. The lowest BCUT2D eigenvalue weighted by Gasteiger charge is -2.23. The van der Waals surface area contributed by atoms with Crippen LogP contribution in [0.1, 0.15) is 51.5 Å². The van der Waals surface area contributed by atoms with E-state index in [2.05, 4.69) is 23.4 Å². The lowest BCUT2D eigenvalue weighted by Crippen LogP contribution is -2.21. The first-order valence-corrected chi connectivity index (χ1v) is 6.93. The molecule has 0 aliphatic heterocycles. The van der Waals surface area contributed by atoms with Gasteiger partial charge in [0.1, 0.15) is 5.82 Å². The van der Waals surface area contributed by atoms with Gasteiger partial charge in [0.25, 0.3) is 0 Å². The minimum Gasteiger partial charge on any atom is -0.481 e. The van der Waals surface area contributed by atoms with Crippen LogP contribution in [0.4, 0.5) is 0 Å². The van der Waals surface area contributed by atoms with Gasteiger partial charge < -0.3 is 9.67 Å². The van der Waals surface area contributed by atoms with Crippen LogP contribution in [-0.2, 0) is 10.2 Å². The van der Waals surface area contributed by atoms with E-state index in [1.807, 2.05) is 39.0 Å². The number of benzene rings is 1. The molecule has 0 saturated heterocycles. The molecule has 0 aliphatic carbocycles. The van der Waals surface area contributed by atoms with Gasteiger partial charge in [-0.25, -0.2) is 4.98 Å². The highest BCUT2D eigenvalue weighted by atomic mass is 16.4. The highest BCUT2D eigenvalue weighted by Crippen LogP contribution is 2.30. The Kier molecular flexibility index (Phi) is 3.59. The number of fused-ring (bicyclic) bond motifs is 1. The van der Waals surface area contributed by atoms with Crippen molar-refractivity contribution in [3.05, 3.63) is 29.6 Å². The molecule has 0 bridgehead atoms. The molecule has 0 saturated carbocycles. The van der Waals surface area contributed by atoms with Gasteiger partial charge in [-0.1, -0.05) is 19.9 Å². The van der Waals surface area contributed by atoms with Gasteiger partial charge in [0, 0.05) is 11.5 Å². The summed E-state index contributed by atoms with van der Waals surface area (Å²) in [6.45, 7) is 10.2. The van der Waals surface area contributed by atoms with Crippen molar-refractivity contribution in [1.82, 2.24) is 9.55 Å². The molecule has 1 aromatic carbocycles. The van der Waals surface area contributed by atoms with Crippen LogP contribution in [0.2, 0.25) is 0 Å². The topological polar surface area (TPSA) is 55.1 Å². The molecule has 0 radical (unpaired) electrons. The first kappa shape index (κ1) is 14.6. The van der Waals surface area contributed by atoms with Crippen molar-refractivity contribution in [1.29, 1.82) is 0 Å². The third-order valence-corrected chi connectivity index (χ3v) is 3.76. The van der Waals surface area contributed by atoms with Crippen molar-refractivity contribution in [2.75, 3.05) is 0 Å². The van der Waals surface area contributed by atoms with E-state index < -0.39 is 11.4 Å². The molecule has 0 aliphatic rings. The molecule has 4 nitrogen and oxygen atoms in total. The zero-order valence-corrected chi connectivity index (χ0v) is 12.8. The number of hydrogen-bond acceptors (Lipinski definition) is 2. The molecule has 0 fully saturated rings. The van der Waals surface area contributed by atoms with Crippen molar-refractivity contribution < 1.29 is 9.90 Å². The number of aliphatic carboxylic acids is 1. The van der Waals surface area contributed by atoms with Gasteiger partial charge in [-0.15, -0.1) is 0 Å². The molecule has 108 valence electrons. The molecule has 20 heavy (non-hydrogen) atoms. The number of aryl methyl sites for hydroxylation is 1. The fourth-order valence-electron chi connectivity index (χ4n) is 2.77. The Hall–Kier alpha value is -1.84. The Balaban J connectivity index is 2.53. The van der Waals surface area contributed by atoms with Crippen molar-refractivity contribution in [3.8, 4) is 0 Å². The Morgan fingerprint density at radius 3 is 2.60 bits per heavy atom. The molecule has 4 heteroatoms. The van der Waals surface area contributed by atoms with E-state index in [0.29, 0.717) is 6.04 Å². The van der Waals surface area contributed by atoms with Crippen molar-refractivity contribution in [2.24, 2.45) is 0 Å². The smallest absolute Gasteiger partial charge is 0.304 e. The SMILES string of the molecule is Cc1nc2cc(C(C)(C)CC(=O)O)ccc2n1C(C)C. The van der Waals surface area contributed by atoms with Crippen LogP contribution in [0.15, 0.2) is 18.2 Å². The zero-order valence-electron chi connectivity index (χ0n) is 12.8. The van der Waals surface area contributed by atoms with E-state index in [0.717, 1.165) is 22.4 Å². The van der Waals surface area contributed by atoms with Gasteiger partial charge in [0.05, 0.1) is 17.5 Å². The highest BCUT2D eigenvalue weighted by Gasteiger charge is 2.25. The van der Waals surface area contributed by atoms with Gasteiger partial charge in [-0.3, -0.25) is 4.79 Å². The first-order chi connectivity index (χ1) is 9.22. The highest BCUT2D eigenvalue weighted by molar-refractivity contribution is 5.78. The van der Waals surface area contributed by atoms with Crippen LogP contribution < -0.4 is 0 Å². The second-order valence-electron chi connectivity index (χ2n) is 6.28. The maximum Gasteiger partial charge on any atom is 0.304 e. The van der Waals surface area contributed by atoms with E-state index in [4.69, 9.17) is 5.11 Å². The van der Waals surface area contributed by atoms with Crippen LogP contribution in [-0.4, -0.2) is 20.6 Å². The summed E-state index contributed by atoms with van der Waals surface area (Å²) in [5.74, 6) is 0.210. The monoisotopic (exact) mass is 274 g/mol. The molecule has 2 rings (SSSR count). The number of rotatable bonds is 4. The molecule has 0 atom stereocenters. The third kappa shape index (κ3) is 2.55. The van der Waals surface area contributed by atoms with Crippen molar-refractivity contribution >= 4 is 17.0 Å². The van der Waals surface area contributed by atoms with E-state index in [-0.39, 0.29) is 6.42 Å². The first-order valence-electron chi connectivity index (χ1n) is 6.93. The Labute approximate surface area is 119 Å². The average Bonchev–Trinajstić information content (AvgIpc) is 2.61. The summed E-state index contributed by atoms with van der Waals surface area (Å²) in [4.78, 5) is 15.6. The number of carbonyl (C=O) groups is 1. The third-order valence-electron chi connectivity index (χ3n) is 3.76. The predicted octanol–water partition coefficient (Wildman–Crippen LogP) is 3.68. The number of carboxylic acids is 1. The molecule has 0 unspecified atom stereocenters. The van der Waals surface area contributed by atoms with Gasteiger partial charge in [0.15, 0.2) is 0 Å². The van der Waals surface area contributed by atoms with E-state index in [9.17, 15) is 4.79 Å². The summed E-state index contributed by atoms with van der Waals surface area (Å²) in [6.07, 6.45) is 0.113. The summed E-state index contributed by atoms with van der Waals surface area (Å²) in [5.41, 5.74) is 2.66. The second-order valence-corrected chi connectivity index (χ2v) is 6.28. The van der Waals surface area contributed by atoms with Gasteiger partial charge >= 0.3 is 5.97 Å². The minimum absolute atomic E-state index is 0.113. The van der Waals surface area contributed by atoms with E-state index in [1.54, 1.807) is 0 Å². The second kappa shape index (κ2) is 4.93. The van der Waals surface area contributed by atoms with E-state index >= 15 is 0 Å². The normalized spacial score (nSPS) is 12.3. The molecule has 0 spiro atoms. The summed E-state index contributed by atoms with van der Waals surface area (Å²) < 4.78 is 2.20. The lowest BCUT2D eigenvalue weighted by atomic mass is 9.81. The molecular formula is C16H22N2O2. The van der Waals surface area contributed by atoms with Gasteiger partial charge in [-0.05, 0) is 38.5 Å². The summed E-state index contributed by atoms with van der Waals surface area (Å²) in [7, 11) is 0. The fraction of sp³-hybridized carbons (Fsp3) is 0.500. The zero-order chi connectivity index (χ0) is 15.1. The molecule has 0 amide bonds. The Morgan fingerprint density at radius 2 is 2.05 bits per heavy atom. The molecule has 1 heterocycles. The van der Waals surface area contributed by atoms with Crippen molar-refractivity contribution in [2.45, 2.75) is 52.5 Å². The molecule has 1 N–H and O–H groups in total. The molecule has 1 aromatic heterocycles. The van der Waals surface area contributed by atoms with Crippen molar-refractivity contribution in [3.63, 3.8) is 0 Å². The number of imidazole rings is 1. The van der Waals surface area contributed by atoms with Gasteiger partial charge in [0.2, 0.25) is 0 Å². The average molecular weight is 274 g/mol. The summed E-state index contributed by atoms with van der Waals surface area (Å²) >= 11 is 0. The molecule has 2 aromatic rings. The number of hydrogen-bond donors (Lipinski definition) is 1. The quantitative estimate of drug-likeness (QED) is 0.925. The standard InChI is InChI=1S/C16H22N2O2/c1-10(2)18-11(3)17-13-8-12(6-7-14(13)18)16(4,5)9-15(19)20/h6-8,10H,9H2,1-5H3,(H,19,20). The van der Waals surface area contributed by atoms with E-state index in [1.165, 1.54) is 0 Å².